The van der Waals surface area contributed by atoms with Crippen molar-refractivity contribution in [2.24, 2.45) is 10.7 Å². The van der Waals surface area contributed by atoms with Crippen molar-refractivity contribution in [3.05, 3.63) is 42.0 Å². The average Bonchev–Trinajstić information content (AvgIpc) is 2.84. The lowest BCUT2D eigenvalue weighted by Gasteiger charge is -2.12. The number of ether oxygens (including phenoxy) is 1. The van der Waals surface area contributed by atoms with E-state index >= 15 is 0 Å². The molecule has 2 aromatic rings. The number of fused-ring (bicyclic) bond motifs is 1. The Labute approximate surface area is 105 Å². The topological polar surface area (TPSA) is 59.6 Å². The van der Waals surface area contributed by atoms with Crippen molar-refractivity contribution in [1.29, 1.82) is 0 Å². The maximum absolute atomic E-state index is 5.64. The highest BCUT2D eigenvalue weighted by Gasteiger charge is 2.17. The number of nitrogens with two attached hydrogens (primary N) is 1. The van der Waals surface area contributed by atoms with Crippen molar-refractivity contribution in [2.45, 2.75) is 6.04 Å². The average molecular weight is 241 g/mol. The fourth-order valence-electron chi connectivity index (χ4n) is 2.23. The summed E-state index contributed by atoms with van der Waals surface area (Å²) in [4.78, 5) is 4.16. The molecule has 0 bridgehead atoms. The third-order valence-electron chi connectivity index (χ3n) is 3.24. The second-order valence-corrected chi connectivity index (χ2v) is 4.40. The van der Waals surface area contributed by atoms with E-state index in [0.717, 1.165) is 5.75 Å². The molecule has 0 aliphatic carbocycles. The zero-order chi connectivity index (χ0) is 12.5. The fraction of sp³-hybridized carbons (Fsp3) is 0.214. The van der Waals surface area contributed by atoms with E-state index in [1.165, 1.54) is 16.3 Å². The van der Waals surface area contributed by atoms with Crippen LogP contribution in [-0.2, 0) is 0 Å². The summed E-state index contributed by atoms with van der Waals surface area (Å²) < 4.78 is 5.22. The third kappa shape index (κ3) is 1.86. The molecule has 1 aliphatic rings. The lowest BCUT2D eigenvalue weighted by atomic mass is 10.0. The molecule has 2 aromatic carbocycles. The summed E-state index contributed by atoms with van der Waals surface area (Å²) in [6, 6.07) is 12.6. The molecule has 0 fully saturated rings. The van der Waals surface area contributed by atoms with E-state index in [1.807, 2.05) is 12.1 Å². The predicted molar refractivity (Wildman–Crippen MR) is 72.9 cm³/mol. The first-order valence-electron chi connectivity index (χ1n) is 5.90. The lowest BCUT2D eigenvalue weighted by Crippen LogP contribution is -2.29. The van der Waals surface area contributed by atoms with Gasteiger partial charge >= 0.3 is 0 Å². The van der Waals surface area contributed by atoms with Crippen molar-refractivity contribution < 1.29 is 4.74 Å². The van der Waals surface area contributed by atoms with Crippen LogP contribution in [-0.4, -0.2) is 19.6 Å². The van der Waals surface area contributed by atoms with Crippen molar-refractivity contribution in [2.75, 3.05) is 13.7 Å². The van der Waals surface area contributed by atoms with E-state index in [2.05, 4.69) is 34.6 Å². The van der Waals surface area contributed by atoms with Crippen LogP contribution in [0.5, 0.6) is 5.75 Å². The summed E-state index contributed by atoms with van der Waals surface area (Å²) in [5.74, 6) is 1.40. The summed E-state index contributed by atoms with van der Waals surface area (Å²) in [6.07, 6.45) is 0. The quantitative estimate of drug-likeness (QED) is 0.843. The normalized spacial score (nSPS) is 18.5. The fourth-order valence-corrected chi connectivity index (χ4v) is 2.23. The first-order chi connectivity index (χ1) is 8.76. The van der Waals surface area contributed by atoms with Gasteiger partial charge < -0.3 is 15.8 Å². The lowest BCUT2D eigenvalue weighted by molar-refractivity contribution is 0.415. The van der Waals surface area contributed by atoms with Crippen LogP contribution < -0.4 is 15.8 Å². The van der Waals surface area contributed by atoms with Gasteiger partial charge in [-0.25, -0.2) is 0 Å². The Morgan fingerprint density at radius 2 is 2.00 bits per heavy atom. The number of methoxy groups -OCH3 is 1. The number of benzene rings is 2. The van der Waals surface area contributed by atoms with Crippen LogP contribution in [0.1, 0.15) is 11.6 Å². The number of hydrogen-bond acceptors (Lipinski definition) is 4. The van der Waals surface area contributed by atoms with Crippen LogP contribution >= 0.6 is 0 Å². The van der Waals surface area contributed by atoms with Gasteiger partial charge in [0.15, 0.2) is 5.96 Å². The number of hydrogen-bond donors (Lipinski definition) is 2. The molecule has 1 atom stereocenters. The van der Waals surface area contributed by atoms with Gasteiger partial charge in [-0.05, 0) is 34.5 Å². The maximum Gasteiger partial charge on any atom is 0.189 e. The Hall–Kier alpha value is -2.23. The summed E-state index contributed by atoms with van der Waals surface area (Å²) >= 11 is 0. The number of aliphatic imine (C=N–C) groups is 1. The molecule has 0 spiro atoms. The molecule has 1 unspecified atom stereocenters. The minimum absolute atomic E-state index is 0.191. The Morgan fingerprint density at radius 3 is 2.72 bits per heavy atom. The molecule has 1 aliphatic heterocycles. The molecule has 18 heavy (non-hydrogen) atoms. The maximum atomic E-state index is 5.64. The van der Waals surface area contributed by atoms with Gasteiger partial charge in [-0.2, -0.15) is 0 Å². The number of nitrogens with zero attached hydrogens (tertiary/aromatic N) is 1. The summed E-state index contributed by atoms with van der Waals surface area (Å²) in [5.41, 5.74) is 6.84. The monoisotopic (exact) mass is 241 g/mol. The van der Waals surface area contributed by atoms with E-state index in [-0.39, 0.29) is 6.04 Å². The van der Waals surface area contributed by atoms with Gasteiger partial charge in [0.25, 0.3) is 0 Å². The zero-order valence-corrected chi connectivity index (χ0v) is 10.2. The van der Waals surface area contributed by atoms with Crippen LogP contribution in [0.4, 0.5) is 0 Å². The van der Waals surface area contributed by atoms with Gasteiger partial charge in [0.1, 0.15) is 5.75 Å². The highest BCUT2D eigenvalue weighted by Crippen LogP contribution is 2.25. The Bertz CT molecular complexity index is 621. The zero-order valence-electron chi connectivity index (χ0n) is 10.2. The van der Waals surface area contributed by atoms with Gasteiger partial charge in [-0.1, -0.05) is 18.2 Å². The van der Waals surface area contributed by atoms with Crippen LogP contribution in [0.2, 0.25) is 0 Å². The minimum atomic E-state index is 0.191. The molecule has 0 amide bonds. The van der Waals surface area contributed by atoms with Crippen LogP contribution in [0, 0.1) is 0 Å². The summed E-state index contributed by atoms with van der Waals surface area (Å²) in [5, 5.41) is 5.53. The Morgan fingerprint density at radius 1 is 1.22 bits per heavy atom. The Balaban J connectivity index is 1.96. The largest absolute Gasteiger partial charge is 0.497 e. The highest BCUT2D eigenvalue weighted by atomic mass is 16.5. The second kappa shape index (κ2) is 4.22. The van der Waals surface area contributed by atoms with E-state index in [0.29, 0.717) is 12.5 Å². The highest BCUT2D eigenvalue weighted by molar-refractivity contribution is 5.85. The van der Waals surface area contributed by atoms with Gasteiger partial charge in [-0.15, -0.1) is 0 Å². The molecule has 0 saturated heterocycles. The second-order valence-electron chi connectivity index (χ2n) is 4.40. The van der Waals surface area contributed by atoms with Crippen LogP contribution in [0.15, 0.2) is 41.4 Å². The first-order valence-corrected chi connectivity index (χ1v) is 5.90. The van der Waals surface area contributed by atoms with E-state index in [1.54, 1.807) is 7.11 Å². The third-order valence-corrected chi connectivity index (χ3v) is 3.24. The van der Waals surface area contributed by atoms with E-state index in [4.69, 9.17) is 10.5 Å². The van der Waals surface area contributed by atoms with Crippen LogP contribution in [0.3, 0.4) is 0 Å². The molecule has 92 valence electrons. The molecule has 4 heteroatoms. The summed E-state index contributed by atoms with van der Waals surface area (Å²) in [7, 11) is 1.68. The van der Waals surface area contributed by atoms with Crippen molar-refractivity contribution in [3.63, 3.8) is 0 Å². The van der Waals surface area contributed by atoms with Crippen molar-refractivity contribution in [1.82, 2.24) is 5.32 Å². The van der Waals surface area contributed by atoms with Gasteiger partial charge in [0.05, 0.1) is 19.7 Å². The van der Waals surface area contributed by atoms with Crippen LogP contribution in [0.25, 0.3) is 10.8 Å². The van der Waals surface area contributed by atoms with Gasteiger partial charge in [0.2, 0.25) is 0 Å². The SMILES string of the molecule is COc1ccc2cc(C3CN=C(N)N3)ccc2c1. The summed E-state index contributed by atoms with van der Waals surface area (Å²) in [6.45, 7) is 0.702. The first kappa shape index (κ1) is 10.9. The molecule has 0 saturated carbocycles. The molecule has 3 N–H and O–H groups in total. The van der Waals surface area contributed by atoms with Crippen molar-refractivity contribution >= 4 is 16.7 Å². The number of guanidine groups is 1. The standard InChI is InChI=1S/C14H15N3O/c1-18-12-5-4-9-6-11(3-2-10(9)7-12)13-8-16-14(15)17-13/h2-7,13H,8H2,1H3,(H3,15,16,17). The Kier molecular flexibility index (Phi) is 2.55. The molecule has 3 rings (SSSR count). The molecule has 0 radical (unpaired) electrons. The molecule has 0 aromatic heterocycles. The van der Waals surface area contributed by atoms with Gasteiger partial charge in [-0.3, -0.25) is 4.99 Å². The molecule has 4 nitrogen and oxygen atoms in total. The van der Waals surface area contributed by atoms with E-state index < -0.39 is 0 Å². The predicted octanol–water partition coefficient (Wildman–Crippen LogP) is 1.81. The smallest absolute Gasteiger partial charge is 0.189 e. The molecular formula is C14H15N3O. The minimum Gasteiger partial charge on any atom is -0.497 e. The van der Waals surface area contributed by atoms with Crippen molar-refractivity contribution in [3.8, 4) is 5.75 Å². The number of rotatable bonds is 2. The molecular weight excluding hydrogens is 226 g/mol. The number of nitrogens with one attached hydrogen (secondary N) is 1. The molecule has 1 heterocycles. The van der Waals surface area contributed by atoms with E-state index in [9.17, 15) is 0 Å². The van der Waals surface area contributed by atoms with Gasteiger partial charge in [0, 0.05) is 0 Å².